The first-order valence-corrected chi connectivity index (χ1v) is 3.71. The lowest BCUT2D eigenvalue weighted by Crippen LogP contribution is -2.33. The molecule has 0 rings (SSSR count). The number of nitrogens with one attached hydrogen (secondary N) is 2. The molecular formula is C7H14N2O3. The summed E-state index contributed by atoms with van der Waals surface area (Å²) >= 11 is 0. The van der Waals surface area contributed by atoms with Crippen molar-refractivity contribution in [2.75, 3.05) is 26.7 Å². The molecule has 70 valence electrons. The molecule has 0 unspecified atom stereocenters. The zero-order chi connectivity index (χ0) is 9.40. The first-order chi connectivity index (χ1) is 5.66. The Labute approximate surface area is 71.5 Å². The average Bonchev–Trinajstić information content (AvgIpc) is 2.01. The molecule has 0 atom stereocenters. The Kier molecular flexibility index (Phi) is 6.00. The van der Waals surface area contributed by atoms with Gasteiger partial charge in [-0.05, 0) is 7.05 Å². The number of esters is 1. The molecule has 0 saturated heterocycles. The summed E-state index contributed by atoms with van der Waals surface area (Å²) in [6.07, 6.45) is 0. The molecule has 0 heterocycles. The summed E-state index contributed by atoms with van der Waals surface area (Å²) in [5.74, 6) is -0.723. The fourth-order valence-electron chi connectivity index (χ4n) is 0.545. The molecule has 0 saturated carbocycles. The maximum atomic E-state index is 10.8. The second-order valence-corrected chi connectivity index (χ2v) is 2.23. The maximum Gasteiger partial charge on any atom is 0.303 e. The van der Waals surface area contributed by atoms with Crippen LogP contribution in [0.1, 0.15) is 6.92 Å². The summed E-state index contributed by atoms with van der Waals surface area (Å²) < 4.78 is 4.46. The minimum absolute atomic E-state index is 0.195. The summed E-state index contributed by atoms with van der Waals surface area (Å²) in [5.41, 5.74) is 0. The predicted molar refractivity (Wildman–Crippen MR) is 43.6 cm³/mol. The van der Waals surface area contributed by atoms with E-state index in [0.29, 0.717) is 13.1 Å². The number of likely N-dealkylation sites (N-methyl/N-ethyl adjacent to an activating group) is 1. The van der Waals surface area contributed by atoms with E-state index in [-0.39, 0.29) is 12.5 Å². The zero-order valence-corrected chi connectivity index (χ0v) is 7.35. The highest BCUT2D eigenvalue weighted by Crippen LogP contribution is 1.75. The zero-order valence-electron chi connectivity index (χ0n) is 7.35. The first kappa shape index (κ1) is 10.9. The first-order valence-electron chi connectivity index (χ1n) is 3.71. The molecule has 1 amide bonds. The van der Waals surface area contributed by atoms with Gasteiger partial charge in [-0.2, -0.15) is 0 Å². The molecule has 5 nitrogen and oxygen atoms in total. The molecule has 0 aromatic rings. The third kappa shape index (κ3) is 7.01. The van der Waals surface area contributed by atoms with E-state index in [4.69, 9.17) is 0 Å². The second kappa shape index (κ2) is 6.60. The SMILES string of the molecule is CNCCNC(=O)COC(C)=O. The summed E-state index contributed by atoms with van der Waals surface area (Å²) in [7, 11) is 1.79. The Bertz CT molecular complexity index is 159. The lowest BCUT2D eigenvalue weighted by atomic mass is 10.5. The van der Waals surface area contributed by atoms with E-state index < -0.39 is 5.97 Å². The molecule has 0 aliphatic heterocycles. The molecule has 0 spiro atoms. The number of hydrogen-bond donors (Lipinski definition) is 2. The van der Waals surface area contributed by atoms with Crippen molar-refractivity contribution >= 4 is 11.9 Å². The van der Waals surface area contributed by atoms with Crippen LogP contribution in [0.2, 0.25) is 0 Å². The van der Waals surface area contributed by atoms with Crippen molar-refractivity contribution in [3.63, 3.8) is 0 Å². The third-order valence-corrected chi connectivity index (χ3v) is 1.10. The van der Waals surface area contributed by atoms with Gasteiger partial charge in [-0.15, -0.1) is 0 Å². The van der Waals surface area contributed by atoms with Crippen molar-refractivity contribution in [1.29, 1.82) is 0 Å². The number of amides is 1. The Balaban J connectivity index is 3.28. The Hall–Kier alpha value is -1.10. The molecule has 5 heteroatoms. The Morgan fingerprint density at radius 3 is 2.50 bits per heavy atom. The monoisotopic (exact) mass is 174 g/mol. The van der Waals surface area contributed by atoms with Crippen LogP contribution in [0, 0.1) is 0 Å². The number of rotatable bonds is 5. The van der Waals surface area contributed by atoms with Crippen LogP contribution >= 0.6 is 0 Å². The van der Waals surface area contributed by atoms with Gasteiger partial charge < -0.3 is 15.4 Å². The third-order valence-electron chi connectivity index (χ3n) is 1.10. The van der Waals surface area contributed by atoms with Gasteiger partial charge in [0, 0.05) is 20.0 Å². The fourth-order valence-corrected chi connectivity index (χ4v) is 0.545. The number of hydrogen-bond acceptors (Lipinski definition) is 4. The summed E-state index contributed by atoms with van der Waals surface area (Å²) in [4.78, 5) is 21.1. The summed E-state index contributed by atoms with van der Waals surface area (Å²) in [5, 5.41) is 5.43. The highest BCUT2D eigenvalue weighted by molar-refractivity contribution is 5.79. The van der Waals surface area contributed by atoms with Crippen LogP contribution in [-0.4, -0.2) is 38.6 Å². The second-order valence-electron chi connectivity index (χ2n) is 2.23. The van der Waals surface area contributed by atoms with Gasteiger partial charge in [-0.1, -0.05) is 0 Å². The van der Waals surface area contributed by atoms with Gasteiger partial charge in [0.25, 0.3) is 5.91 Å². The smallest absolute Gasteiger partial charge is 0.303 e. The fraction of sp³-hybridized carbons (Fsp3) is 0.714. The van der Waals surface area contributed by atoms with Crippen molar-refractivity contribution < 1.29 is 14.3 Å². The van der Waals surface area contributed by atoms with Crippen LogP contribution < -0.4 is 10.6 Å². The Morgan fingerprint density at radius 1 is 1.33 bits per heavy atom. The number of carbonyl (C=O) groups excluding carboxylic acids is 2. The normalized spacial score (nSPS) is 9.17. The summed E-state index contributed by atoms with van der Waals surface area (Å²) in [6.45, 7) is 2.31. The minimum atomic E-state index is -0.446. The number of carbonyl (C=O) groups is 2. The number of ether oxygens (including phenoxy) is 1. The van der Waals surface area contributed by atoms with Gasteiger partial charge in [0.15, 0.2) is 6.61 Å². The topological polar surface area (TPSA) is 67.4 Å². The molecule has 0 aliphatic rings. The molecule has 0 aromatic carbocycles. The van der Waals surface area contributed by atoms with E-state index in [1.54, 1.807) is 7.05 Å². The van der Waals surface area contributed by atoms with E-state index in [1.807, 2.05) is 0 Å². The predicted octanol–water partition coefficient (Wildman–Crippen LogP) is -1.11. The van der Waals surface area contributed by atoms with E-state index in [1.165, 1.54) is 6.92 Å². The van der Waals surface area contributed by atoms with E-state index in [0.717, 1.165) is 0 Å². The summed E-state index contributed by atoms with van der Waals surface area (Å²) in [6, 6.07) is 0. The molecule has 12 heavy (non-hydrogen) atoms. The highest BCUT2D eigenvalue weighted by Gasteiger charge is 2.01. The van der Waals surface area contributed by atoms with Crippen molar-refractivity contribution in [3.8, 4) is 0 Å². The van der Waals surface area contributed by atoms with E-state index in [2.05, 4.69) is 15.4 Å². The lowest BCUT2D eigenvalue weighted by molar-refractivity contribution is -0.146. The molecule has 0 aromatic heterocycles. The molecule has 2 N–H and O–H groups in total. The van der Waals surface area contributed by atoms with Crippen LogP contribution in [0.5, 0.6) is 0 Å². The highest BCUT2D eigenvalue weighted by atomic mass is 16.5. The van der Waals surface area contributed by atoms with Crippen molar-refractivity contribution in [3.05, 3.63) is 0 Å². The molecule has 0 radical (unpaired) electrons. The Morgan fingerprint density at radius 2 is 2.00 bits per heavy atom. The van der Waals surface area contributed by atoms with Gasteiger partial charge in [0.2, 0.25) is 0 Å². The van der Waals surface area contributed by atoms with E-state index >= 15 is 0 Å². The van der Waals surface area contributed by atoms with E-state index in [9.17, 15) is 9.59 Å². The molecule has 0 aliphatic carbocycles. The van der Waals surface area contributed by atoms with Gasteiger partial charge in [0.05, 0.1) is 0 Å². The largest absolute Gasteiger partial charge is 0.456 e. The van der Waals surface area contributed by atoms with Gasteiger partial charge >= 0.3 is 5.97 Å². The maximum absolute atomic E-state index is 10.8. The van der Waals surface area contributed by atoms with Crippen LogP contribution in [-0.2, 0) is 14.3 Å². The van der Waals surface area contributed by atoms with Crippen molar-refractivity contribution in [1.82, 2.24) is 10.6 Å². The van der Waals surface area contributed by atoms with Crippen molar-refractivity contribution in [2.24, 2.45) is 0 Å². The average molecular weight is 174 g/mol. The van der Waals surface area contributed by atoms with Crippen molar-refractivity contribution in [2.45, 2.75) is 6.92 Å². The molecular weight excluding hydrogens is 160 g/mol. The van der Waals surface area contributed by atoms with Gasteiger partial charge in [-0.3, -0.25) is 9.59 Å². The van der Waals surface area contributed by atoms with Gasteiger partial charge in [-0.25, -0.2) is 0 Å². The molecule has 0 bridgehead atoms. The minimum Gasteiger partial charge on any atom is -0.456 e. The van der Waals surface area contributed by atoms with Crippen LogP contribution in [0.4, 0.5) is 0 Å². The van der Waals surface area contributed by atoms with Gasteiger partial charge in [0.1, 0.15) is 0 Å². The van der Waals surface area contributed by atoms with Crippen LogP contribution in [0.3, 0.4) is 0 Å². The lowest BCUT2D eigenvalue weighted by Gasteiger charge is -2.03. The van der Waals surface area contributed by atoms with Crippen LogP contribution in [0.15, 0.2) is 0 Å². The molecule has 0 fully saturated rings. The van der Waals surface area contributed by atoms with Crippen LogP contribution in [0.25, 0.3) is 0 Å². The quantitative estimate of drug-likeness (QED) is 0.409. The standard InChI is InChI=1S/C7H14N2O3/c1-6(10)12-5-7(11)9-4-3-8-2/h8H,3-5H2,1-2H3,(H,9,11).